The minimum atomic E-state index is -1.53. The fourth-order valence-corrected chi connectivity index (χ4v) is 9.69. The Kier molecular flexibility index (Phi) is 69.4. The molecule has 9 nitrogen and oxygen atoms in total. The number of carboxylic acids is 1. The van der Waals surface area contributed by atoms with Crippen LogP contribution in [0.3, 0.4) is 0 Å². The van der Waals surface area contributed by atoms with E-state index < -0.39 is 24.3 Å². The summed E-state index contributed by atoms with van der Waals surface area (Å²) in [4.78, 5) is 37.7. The normalized spacial score (nSPS) is 13.8. The van der Waals surface area contributed by atoms with Crippen LogP contribution in [0.15, 0.2) is 194 Å². The number of rotatable bonds is 67. The highest BCUT2D eigenvalue weighted by Crippen LogP contribution is 2.16. The number of hydrogen-bond donors (Lipinski definition) is 1. The number of quaternary nitrogens is 1. The zero-order valence-corrected chi connectivity index (χ0v) is 61.0. The van der Waals surface area contributed by atoms with Gasteiger partial charge in [-0.3, -0.25) is 9.59 Å². The lowest BCUT2D eigenvalue weighted by Gasteiger charge is -2.25. The van der Waals surface area contributed by atoms with Crippen LogP contribution in [0.5, 0.6) is 0 Å². The summed E-state index contributed by atoms with van der Waals surface area (Å²) in [5, 5.41) is 9.77. The number of hydrogen-bond acceptors (Lipinski definition) is 7. The first-order valence-corrected chi connectivity index (χ1v) is 37.6. The Morgan fingerprint density at radius 2 is 0.568 bits per heavy atom. The highest BCUT2D eigenvalue weighted by Gasteiger charge is 2.25. The summed E-state index contributed by atoms with van der Waals surface area (Å²) in [6.07, 6.45) is 111. The van der Waals surface area contributed by atoms with Crippen molar-refractivity contribution in [2.24, 2.45) is 0 Å². The SMILES string of the molecule is CC/C=C\C/C=C\C/C=C\C/C=C\C/C=C\C/C=C\C/C=C\C/C=C\C/C=C\CCCCCCCCCC(=O)OC(COC(=O)CCCCCCCCCCCCCCC/C=C\C/C=C\C/C=C\C/C=C\C/C=C\C/C=C\C/C=C\CC)COC(OCC[N+](C)(C)C)C(=O)O. The summed E-state index contributed by atoms with van der Waals surface area (Å²) < 4.78 is 23.0. The molecule has 0 saturated carbocycles. The Morgan fingerprint density at radius 3 is 0.842 bits per heavy atom. The van der Waals surface area contributed by atoms with Gasteiger partial charge in [-0.15, -0.1) is 0 Å². The maximum atomic E-state index is 13.0. The molecule has 0 aliphatic heterocycles. The van der Waals surface area contributed by atoms with E-state index in [-0.39, 0.29) is 38.6 Å². The van der Waals surface area contributed by atoms with E-state index in [1.165, 1.54) is 89.9 Å². The number of carboxylic acid groups (broad SMARTS) is 1. The Bertz CT molecular complexity index is 2270. The number of aliphatic carboxylic acids is 1. The Labute approximate surface area is 582 Å². The van der Waals surface area contributed by atoms with Crippen LogP contribution >= 0.6 is 0 Å². The third-order valence-corrected chi connectivity index (χ3v) is 15.3. The van der Waals surface area contributed by atoms with Crippen LogP contribution in [0.1, 0.15) is 271 Å². The highest BCUT2D eigenvalue weighted by atomic mass is 16.7. The summed E-state index contributed by atoms with van der Waals surface area (Å²) >= 11 is 0. The summed E-state index contributed by atoms with van der Waals surface area (Å²) in [5.74, 6) is -2.04. The number of allylic oxidation sites excluding steroid dienone is 32. The molecular weight excluding hydrogens is 1170 g/mol. The summed E-state index contributed by atoms with van der Waals surface area (Å²) in [5.41, 5.74) is 0. The first-order chi connectivity index (χ1) is 46.6. The zero-order chi connectivity index (χ0) is 69.0. The quantitative estimate of drug-likeness (QED) is 0.0211. The number of esters is 2. The molecule has 0 amide bonds. The lowest BCUT2D eigenvalue weighted by molar-refractivity contribution is -0.870. The lowest BCUT2D eigenvalue weighted by atomic mass is 10.0. The average molecular weight is 1310 g/mol. The molecule has 534 valence electrons. The van der Waals surface area contributed by atoms with Crippen LogP contribution in [0.25, 0.3) is 0 Å². The minimum absolute atomic E-state index is 0.175. The van der Waals surface area contributed by atoms with Crippen molar-refractivity contribution in [3.8, 4) is 0 Å². The Hall–Kier alpha value is -5.87. The number of nitrogens with zero attached hydrogens (tertiary/aromatic N) is 1. The lowest BCUT2D eigenvalue weighted by Crippen LogP contribution is -2.40. The fraction of sp³-hybridized carbons (Fsp3) is 0.593. The predicted molar refractivity (Wildman–Crippen MR) is 409 cm³/mol. The molecule has 0 aliphatic carbocycles. The van der Waals surface area contributed by atoms with Gasteiger partial charge in [0.1, 0.15) is 13.2 Å². The first kappa shape index (κ1) is 89.1. The molecule has 1 N–H and O–H groups in total. The highest BCUT2D eigenvalue weighted by molar-refractivity contribution is 5.71. The third kappa shape index (κ3) is 75.4. The van der Waals surface area contributed by atoms with Crippen molar-refractivity contribution in [1.29, 1.82) is 0 Å². The number of likely N-dealkylation sites (N-methyl/N-ethyl adjacent to an activating group) is 1. The van der Waals surface area contributed by atoms with Gasteiger partial charge in [-0.2, -0.15) is 0 Å². The van der Waals surface area contributed by atoms with Crippen molar-refractivity contribution in [2.45, 2.75) is 283 Å². The molecule has 0 aliphatic rings. The molecule has 0 bridgehead atoms. The molecule has 0 radical (unpaired) electrons. The van der Waals surface area contributed by atoms with Gasteiger partial charge in [0, 0.05) is 12.8 Å². The van der Waals surface area contributed by atoms with Crippen molar-refractivity contribution in [3.63, 3.8) is 0 Å². The van der Waals surface area contributed by atoms with Gasteiger partial charge >= 0.3 is 17.9 Å². The molecule has 2 unspecified atom stereocenters. The maximum Gasteiger partial charge on any atom is 0.361 e. The largest absolute Gasteiger partial charge is 0.477 e. The van der Waals surface area contributed by atoms with Crippen LogP contribution in [0, 0.1) is 0 Å². The van der Waals surface area contributed by atoms with Crippen molar-refractivity contribution in [1.82, 2.24) is 0 Å². The zero-order valence-electron chi connectivity index (χ0n) is 61.0. The molecule has 0 spiro atoms. The monoisotopic (exact) mass is 1310 g/mol. The molecule has 0 aromatic carbocycles. The van der Waals surface area contributed by atoms with Gasteiger partial charge in [0.05, 0.1) is 34.4 Å². The molecule has 0 heterocycles. The summed E-state index contributed by atoms with van der Waals surface area (Å²) in [6, 6.07) is 0. The molecule has 0 rings (SSSR count). The molecule has 0 aromatic heterocycles. The average Bonchev–Trinajstić information content (AvgIpc) is 3.58. The standard InChI is InChI=1S/C86H137NO8/c1-6-8-10-12-14-16-18-20-22-24-26-28-30-32-34-36-38-40-42-44-46-48-50-52-54-56-58-60-62-64-66-68-70-72-74-76-83(88)93-80-82(81-94-86(85(90)91)92-79-78-87(3,4)5)95-84(89)77-75-73-71-69-67-65-63-61-59-57-55-53-51-49-47-45-43-41-39-37-35-33-31-29-27-25-23-21-19-17-15-13-11-9-7-2/h8-11,14-17,20-23,26-29,32-35,38-41,44-47,51,53,57,59,82,86H,6-7,12-13,18-19,24-25,30-31,36-37,42-43,48-50,52,54-56,58,60-81H2,1-5H3/p+1/b10-8-,11-9-,16-14-,17-15-,22-20-,23-21-,28-26-,29-27-,34-32-,35-33-,40-38-,41-39-,46-44-,47-45-,53-51-,59-57-. The van der Waals surface area contributed by atoms with Gasteiger partial charge in [0.15, 0.2) is 6.10 Å². The Balaban J connectivity index is 4.18. The minimum Gasteiger partial charge on any atom is -0.477 e. The molecule has 9 heteroatoms. The van der Waals surface area contributed by atoms with Gasteiger partial charge in [-0.1, -0.05) is 311 Å². The van der Waals surface area contributed by atoms with Crippen LogP contribution in [-0.4, -0.2) is 87.4 Å². The smallest absolute Gasteiger partial charge is 0.361 e. The van der Waals surface area contributed by atoms with E-state index in [0.717, 1.165) is 148 Å². The molecule has 0 saturated heterocycles. The predicted octanol–water partition coefficient (Wildman–Crippen LogP) is 24.1. The van der Waals surface area contributed by atoms with E-state index in [9.17, 15) is 19.5 Å². The number of unbranched alkanes of at least 4 members (excludes halogenated alkanes) is 20. The second kappa shape index (κ2) is 73.9. The topological polar surface area (TPSA) is 108 Å². The van der Waals surface area contributed by atoms with Crippen LogP contribution in [0.4, 0.5) is 0 Å². The van der Waals surface area contributed by atoms with Crippen LogP contribution in [0.2, 0.25) is 0 Å². The van der Waals surface area contributed by atoms with Gasteiger partial charge < -0.3 is 28.5 Å². The molecule has 95 heavy (non-hydrogen) atoms. The van der Waals surface area contributed by atoms with Gasteiger partial charge in [-0.05, 0) is 141 Å². The first-order valence-electron chi connectivity index (χ1n) is 37.6. The van der Waals surface area contributed by atoms with Crippen molar-refractivity contribution >= 4 is 17.9 Å². The fourth-order valence-electron chi connectivity index (χ4n) is 9.69. The van der Waals surface area contributed by atoms with E-state index in [1.54, 1.807) is 0 Å². The van der Waals surface area contributed by atoms with Crippen LogP contribution < -0.4 is 0 Å². The van der Waals surface area contributed by atoms with Gasteiger partial charge in [0.2, 0.25) is 0 Å². The van der Waals surface area contributed by atoms with Gasteiger partial charge in [-0.25, -0.2) is 4.79 Å². The van der Waals surface area contributed by atoms with Gasteiger partial charge in [0.25, 0.3) is 6.29 Å². The van der Waals surface area contributed by atoms with Crippen LogP contribution in [-0.2, 0) is 33.3 Å². The van der Waals surface area contributed by atoms with E-state index in [0.29, 0.717) is 17.4 Å². The summed E-state index contributed by atoms with van der Waals surface area (Å²) in [6.45, 7) is 4.62. The van der Waals surface area contributed by atoms with Crippen molar-refractivity contribution in [2.75, 3.05) is 47.5 Å². The maximum absolute atomic E-state index is 13.0. The van der Waals surface area contributed by atoms with E-state index in [2.05, 4.69) is 208 Å². The molecule has 0 aromatic rings. The summed E-state index contributed by atoms with van der Waals surface area (Å²) in [7, 11) is 5.96. The number of carbonyl (C=O) groups excluding carboxylic acids is 2. The van der Waals surface area contributed by atoms with E-state index in [4.69, 9.17) is 18.9 Å². The second-order valence-electron chi connectivity index (χ2n) is 25.5. The number of carbonyl (C=O) groups is 3. The van der Waals surface area contributed by atoms with Crippen molar-refractivity contribution in [3.05, 3.63) is 194 Å². The molecule has 2 atom stereocenters. The third-order valence-electron chi connectivity index (χ3n) is 15.3. The van der Waals surface area contributed by atoms with Crippen molar-refractivity contribution < 1.29 is 42.9 Å². The second-order valence-corrected chi connectivity index (χ2v) is 25.5. The molecule has 0 fully saturated rings. The van der Waals surface area contributed by atoms with E-state index >= 15 is 0 Å². The molecular formula is C86H138NO8+. The Morgan fingerprint density at radius 1 is 0.316 bits per heavy atom. The van der Waals surface area contributed by atoms with E-state index in [1.807, 2.05) is 21.1 Å². The number of ether oxygens (including phenoxy) is 4.